The summed E-state index contributed by atoms with van der Waals surface area (Å²) in [7, 11) is 0. The summed E-state index contributed by atoms with van der Waals surface area (Å²) in [6, 6.07) is 0. The Morgan fingerprint density at radius 3 is 3.17 bits per heavy atom. The van der Waals surface area contributed by atoms with Gasteiger partial charge in [-0.2, -0.15) is 0 Å². The molecule has 0 bridgehead atoms. The van der Waals surface area contributed by atoms with Crippen LogP contribution in [0.1, 0.15) is 6.92 Å². The zero-order valence-electron chi connectivity index (χ0n) is 7.42. The molecule has 0 radical (unpaired) electrons. The monoisotopic (exact) mass is 172 g/mol. The predicted octanol–water partition coefficient (Wildman–Crippen LogP) is -0.367. The van der Waals surface area contributed by atoms with Crippen LogP contribution < -0.4 is 5.32 Å². The van der Waals surface area contributed by atoms with Gasteiger partial charge in [0, 0.05) is 19.0 Å². The molecule has 1 aliphatic rings. The molecule has 0 saturated heterocycles. The summed E-state index contributed by atoms with van der Waals surface area (Å²) >= 11 is 0. The van der Waals surface area contributed by atoms with Gasteiger partial charge in [-0.3, -0.25) is 4.99 Å². The molecule has 1 unspecified atom stereocenters. The SMILES string of the molecule is CC(CNCCO)C1=NCCO1. The third kappa shape index (κ3) is 2.79. The largest absolute Gasteiger partial charge is 0.479 e. The van der Waals surface area contributed by atoms with Crippen LogP contribution in [0.15, 0.2) is 4.99 Å². The van der Waals surface area contributed by atoms with Crippen LogP contribution in [0, 0.1) is 5.92 Å². The van der Waals surface area contributed by atoms with Crippen LogP contribution in [0.4, 0.5) is 0 Å². The standard InChI is InChI=1S/C8H16N2O2/c1-7(6-9-2-4-11)8-10-3-5-12-8/h7,9,11H,2-6H2,1H3. The van der Waals surface area contributed by atoms with Crippen molar-refractivity contribution in [3.05, 3.63) is 0 Å². The summed E-state index contributed by atoms with van der Waals surface area (Å²) in [5, 5.41) is 11.6. The molecule has 4 nitrogen and oxygen atoms in total. The summed E-state index contributed by atoms with van der Waals surface area (Å²) in [5.74, 6) is 1.17. The van der Waals surface area contributed by atoms with Crippen LogP contribution in [0.3, 0.4) is 0 Å². The van der Waals surface area contributed by atoms with Crippen LogP contribution in [0.5, 0.6) is 0 Å². The second-order valence-corrected chi connectivity index (χ2v) is 2.90. The van der Waals surface area contributed by atoms with Crippen LogP contribution in [-0.4, -0.2) is 43.9 Å². The van der Waals surface area contributed by atoms with Gasteiger partial charge < -0.3 is 15.2 Å². The van der Waals surface area contributed by atoms with Crippen molar-refractivity contribution in [1.29, 1.82) is 0 Å². The number of nitrogens with zero attached hydrogens (tertiary/aromatic N) is 1. The number of aliphatic hydroxyl groups is 1. The Balaban J connectivity index is 2.14. The molecule has 70 valence electrons. The summed E-state index contributed by atoms with van der Waals surface area (Å²) in [6.45, 7) is 5.21. The quantitative estimate of drug-likeness (QED) is 0.556. The lowest BCUT2D eigenvalue weighted by molar-refractivity contribution is 0.287. The fourth-order valence-electron chi connectivity index (χ4n) is 1.13. The van der Waals surface area contributed by atoms with Crippen LogP contribution in [0.2, 0.25) is 0 Å². The lowest BCUT2D eigenvalue weighted by Crippen LogP contribution is -2.28. The van der Waals surface area contributed by atoms with E-state index in [0.717, 1.165) is 25.6 Å². The maximum absolute atomic E-state index is 8.52. The maximum Gasteiger partial charge on any atom is 0.187 e. The average molecular weight is 172 g/mol. The first-order valence-electron chi connectivity index (χ1n) is 4.33. The normalized spacial score (nSPS) is 18.7. The number of aliphatic imine (C=N–C) groups is 1. The van der Waals surface area contributed by atoms with Gasteiger partial charge in [-0.05, 0) is 0 Å². The highest BCUT2D eigenvalue weighted by atomic mass is 16.5. The number of ether oxygens (including phenoxy) is 1. The van der Waals surface area contributed by atoms with Gasteiger partial charge in [-0.1, -0.05) is 6.92 Å². The van der Waals surface area contributed by atoms with Crippen molar-refractivity contribution >= 4 is 5.90 Å². The molecule has 0 saturated carbocycles. The number of rotatable bonds is 5. The molecule has 1 aliphatic heterocycles. The first-order chi connectivity index (χ1) is 5.84. The zero-order chi connectivity index (χ0) is 8.81. The highest BCUT2D eigenvalue weighted by Gasteiger charge is 2.14. The van der Waals surface area contributed by atoms with E-state index in [-0.39, 0.29) is 6.61 Å². The smallest absolute Gasteiger partial charge is 0.187 e. The number of aliphatic hydroxyl groups excluding tert-OH is 1. The number of hydrogen-bond donors (Lipinski definition) is 2. The van der Waals surface area contributed by atoms with Gasteiger partial charge in [0.1, 0.15) is 6.61 Å². The Hall–Kier alpha value is -0.610. The van der Waals surface area contributed by atoms with Gasteiger partial charge in [0.25, 0.3) is 0 Å². The van der Waals surface area contributed by atoms with E-state index >= 15 is 0 Å². The van der Waals surface area contributed by atoms with Crippen LogP contribution in [-0.2, 0) is 4.74 Å². The molecule has 0 amide bonds. The predicted molar refractivity (Wildman–Crippen MR) is 47.4 cm³/mol. The van der Waals surface area contributed by atoms with Crippen molar-refractivity contribution < 1.29 is 9.84 Å². The second kappa shape index (κ2) is 5.11. The fourth-order valence-corrected chi connectivity index (χ4v) is 1.13. The first-order valence-corrected chi connectivity index (χ1v) is 4.33. The minimum atomic E-state index is 0.181. The van der Waals surface area contributed by atoms with Crippen molar-refractivity contribution in [1.82, 2.24) is 5.32 Å². The maximum atomic E-state index is 8.52. The fraction of sp³-hybridized carbons (Fsp3) is 0.875. The molecule has 0 aliphatic carbocycles. The highest BCUT2D eigenvalue weighted by Crippen LogP contribution is 2.04. The molecule has 1 atom stereocenters. The van der Waals surface area contributed by atoms with E-state index in [0.29, 0.717) is 12.5 Å². The summed E-state index contributed by atoms with van der Waals surface area (Å²) in [6.07, 6.45) is 0. The Bertz CT molecular complexity index is 159. The van der Waals surface area contributed by atoms with Crippen LogP contribution >= 0.6 is 0 Å². The first kappa shape index (κ1) is 9.48. The molecule has 12 heavy (non-hydrogen) atoms. The second-order valence-electron chi connectivity index (χ2n) is 2.90. The summed E-state index contributed by atoms with van der Waals surface area (Å²) < 4.78 is 5.29. The van der Waals surface area contributed by atoms with E-state index in [2.05, 4.69) is 17.2 Å². The van der Waals surface area contributed by atoms with E-state index < -0.39 is 0 Å². The van der Waals surface area contributed by atoms with Crippen molar-refractivity contribution in [3.63, 3.8) is 0 Å². The molecule has 4 heteroatoms. The van der Waals surface area contributed by atoms with Crippen molar-refractivity contribution in [3.8, 4) is 0 Å². The van der Waals surface area contributed by atoms with Gasteiger partial charge in [-0.15, -0.1) is 0 Å². The minimum Gasteiger partial charge on any atom is -0.479 e. The lowest BCUT2D eigenvalue weighted by atomic mass is 10.2. The Labute approximate surface area is 72.6 Å². The van der Waals surface area contributed by atoms with Gasteiger partial charge in [0.2, 0.25) is 0 Å². The summed E-state index contributed by atoms with van der Waals surface area (Å²) in [4.78, 5) is 4.21. The third-order valence-corrected chi connectivity index (χ3v) is 1.77. The molecule has 1 rings (SSSR count). The number of nitrogens with one attached hydrogen (secondary N) is 1. The minimum absolute atomic E-state index is 0.181. The molecule has 0 aromatic heterocycles. The molecule has 0 fully saturated rings. The van der Waals surface area contributed by atoms with Gasteiger partial charge in [-0.25, -0.2) is 0 Å². The molecular formula is C8H16N2O2. The molecule has 0 aromatic rings. The van der Waals surface area contributed by atoms with Gasteiger partial charge in [0.05, 0.1) is 13.2 Å². The Morgan fingerprint density at radius 2 is 2.58 bits per heavy atom. The topological polar surface area (TPSA) is 53.8 Å². The Kier molecular flexibility index (Phi) is 4.04. The number of hydrogen-bond acceptors (Lipinski definition) is 4. The van der Waals surface area contributed by atoms with E-state index in [1.54, 1.807) is 0 Å². The van der Waals surface area contributed by atoms with Crippen LogP contribution in [0.25, 0.3) is 0 Å². The van der Waals surface area contributed by atoms with Gasteiger partial charge >= 0.3 is 0 Å². The highest BCUT2D eigenvalue weighted by molar-refractivity contribution is 5.79. The summed E-state index contributed by atoms with van der Waals surface area (Å²) in [5.41, 5.74) is 0. The Morgan fingerprint density at radius 1 is 1.75 bits per heavy atom. The third-order valence-electron chi connectivity index (χ3n) is 1.77. The van der Waals surface area contributed by atoms with Gasteiger partial charge in [0.15, 0.2) is 5.90 Å². The van der Waals surface area contributed by atoms with Crippen molar-refractivity contribution in [2.45, 2.75) is 6.92 Å². The molecule has 2 N–H and O–H groups in total. The average Bonchev–Trinajstić information content (AvgIpc) is 2.56. The van der Waals surface area contributed by atoms with E-state index in [1.807, 2.05) is 0 Å². The lowest BCUT2D eigenvalue weighted by Gasteiger charge is -2.11. The molecule has 0 aromatic carbocycles. The van der Waals surface area contributed by atoms with E-state index in [4.69, 9.17) is 9.84 Å². The van der Waals surface area contributed by atoms with Crippen molar-refractivity contribution in [2.24, 2.45) is 10.9 Å². The van der Waals surface area contributed by atoms with Crippen molar-refractivity contribution in [2.75, 3.05) is 32.8 Å². The molecule has 1 heterocycles. The molecule has 0 spiro atoms. The van der Waals surface area contributed by atoms with E-state index in [9.17, 15) is 0 Å². The zero-order valence-corrected chi connectivity index (χ0v) is 7.42. The molecular weight excluding hydrogens is 156 g/mol. The van der Waals surface area contributed by atoms with E-state index in [1.165, 1.54) is 0 Å².